The highest BCUT2D eigenvalue weighted by Gasteiger charge is 2.23. The van der Waals surface area contributed by atoms with Crippen LogP contribution in [0.2, 0.25) is 0 Å². The SMILES string of the molecule is CCCCOc1ccc(CNC2CCC(OC)C2)cc1. The smallest absolute Gasteiger partial charge is 0.119 e. The second kappa shape index (κ2) is 8.28. The van der Waals surface area contributed by atoms with Crippen LogP contribution in [0.15, 0.2) is 24.3 Å². The highest BCUT2D eigenvalue weighted by molar-refractivity contribution is 5.27. The summed E-state index contributed by atoms with van der Waals surface area (Å²) in [5.74, 6) is 0.975. The molecule has 3 heteroatoms. The van der Waals surface area contributed by atoms with Gasteiger partial charge in [0.2, 0.25) is 0 Å². The molecule has 0 spiro atoms. The first-order valence-electron chi connectivity index (χ1n) is 7.79. The lowest BCUT2D eigenvalue weighted by molar-refractivity contribution is 0.107. The molecule has 1 fully saturated rings. The summed E-state index contributed by atoms with van der Waals surface area (Å²) in [6.45, 7) is 3.92. The largest absolute Gasteiger partial charge is 0.494 e. The monoisotopic (exact) mass is 277 g/mol. The van der Waals surface area contributed by atoms with Crippen LogP contribution in [0.3, 0.4) is 0 Å². The van der Waals surface area contributed by atoms with Gasteiger partial charge in [-0.25, -0.2) is 0 Å². The molecule has 0 saturated heterocycles. The molecule has 0 aliphatic heterocycles. The van der Waals surface area contributed by atoms with Crippen molar-refractivity contribution in [3.63, 3.8) is 0 Å². The molecule has 0 heterocycles. The van der Waals surface area contributed by atoms with Gasteiger partial charge in [-0.3, -0.25) is 0 Å². The first-order chi connectivity index (χ1) is 9.81. The molecule has 2 atom stereocenters. The number of hydrogen-bond acceptors (Lipinski definition) is 3. The summed E-state index contributed by atoms with van der Waals surface area (Å²) in [5.41, 5.74) is 1.31. The van der Waals surface area contributed by atoms with Crippen molar-refractivity contribution in [2.24, 2.45) is 0 Å². The topological polar surface area (TPSA) is 30.5 Å². The molecule has 2 rings (SSSR count). The molecule has 3 nitrogen and oxygen atoms in total. The number of hydrogen-bond donors (Lipinski definition) is 1. The van der Waals surface area contributed by atoms with E-state index in [4.69, 9.17) is 9.47 Å². The summed E-state index contributed by atoms with van der Waals surface area (Å²) in [5, 5.41) is 3.61. The van der Waals surface area contributed by atoms with E-state index < -0.39 is 0 Å². The standard InChI is InChI=1S/C17H27NO2/c1-3-4-11-20-16-8-5-14(6-9-16)13-18-15-7-10-17(12-15)19-2/h5-6,8-9,15,17-18H,3-4,7,10-13H2,1-2H3. The first-order valence-corrected chi connectivity index (χ1v) is 7.79. The van der Waals surface area contributed by atoms with Crippen molar-refractivity contribution in [1.29, 1.82) is 0 Å². The number of nitrogens with one attached hydrogen (secondary N) is 1. The number of ether oxygens (including phenoxy) is 2. The minimum absolute atomic E-state index is 0.446. The van der Waals surface area contributed by atoms with Crippen LogP contribution in [0.4, 0.5) is 0 Å². The summed E-state index contributed by atoms with van der Waals surface area (Å²) in [4.78, 5) is 0. The van der Waals surface area contributed by atoms with Crippen molar-refractivity contribution in [2.75, 3.05) is 13.7 Å². The normalized spacial score (nSPS) is 22.1. The third kappa shape index (κ3) is 4.80. The maximum atomic E-state index is 5.67. The summed E-state index contributed by atoms with van der Waals surface area (Å²) < 4.78 is 11.1. The van der Waals surface area contributed by atoms with Crippen molar-refractivity contribution in [1.82, 2.24) is 5.32 Å². The van der Waals surface area contributed by atoms with Gasteiger partial charge < -0.3 is 14.8 Å². The van der Waals surface area contributed by atoms with Crippen molar-refractivity contribution in [3.8, 4) is 5.75 Å². The zero-order chi connectivity index (χ0) is 14.2. The Morgan fingerprint density at radius 3 is 2.65 bits per heavy atom. The van der Waals surface area contributed by atoms with E-state index in [0.29, 0.717) is 12.1 Å². The molecule has 1 aliphatic carbocycles. The van der Waals surface area contributed by atoms with Crippen LogP contribution in [0.5, 0.6) is 5.75 Å². The molecular weight excluding hydrogens is 250 g/mol. The molecule has 0 bridgehead atoms. The number of methoxy groups -OCH3 is 1. The van der Waals surface area contributed by atoms with Gasteiger partial charge in [0.05, 0.1) is 12.7 Å². The van der Waals surface area contributed by atoms with E-state index >= 15 is 0 Å². The van der Waals surface area contributed by atoms with Crippen LogP contribution < -0.4 is 10.1 Å². The Morgan fingerprint density at radius 1 is 1.20 bits per heavy atom. The molecule has 1 N–H and O–H groups in total. The lowest BCUT2D eigenvalue weighted by atomic mass is 10.2. The zero-order valence-corrected chi connectivity index (χ0v) is 12.7. The Balaban J connectivity index is 1.71. The molecule has 112 valence electrons. The highest BCUT2D eigenvalue weighted by atomic mass is 16.5. The van der Waals surface area contributed by atoms with Gasteiger partial charge in [-0.2, -0.15) is 0 Å². The van der Waals surface area contributed by atoms with E-state index in [9.17, 15) is 0 Å². The van der Waals surface area contributed by atoms with E-state index in [-0.39, 0.29) is 0 Å². The predicted molar refractivity (Wildman–Crippen MR) is 82.1 cm³/mol. The fraction of sp³-hybridized carbons (Fsp3) is 0.647. The zero-order valence-electron chi connectivity index (χ0n) is 12.7. The minimum Gasteiger partial charge on any atom is -0.494 e. The molecule has 0 amide bonds. The number of benzene rings is 1. The second-order valence-corrected chi connectivity index (χ2v) is 5.59. The lowest BCUT2D eigenvalue weighted by Crippen LogP contribution is -2.26. The first kappa shape index (κ1) is 15.3. The summed E-state index contributed by atoms with van der Waals surface area (Å²) in [7, 11) is 1.81. The van der Waals surface area contributed by atoms with Crippen LogP contribution >= 0.6 is 0 Å². The Labute approximate surface area is 122 Å². The van der Waals surface area contributed by atoms with Gasteiger partial charge >= 0.3 is 0 Å². The van der Waals surface area contributed by atoms with Crippen LogP contribution in [0.1, 0.15) is 44.6 Å². The summed E-state index contributed by atoms with van der Waals surface area (Å²) in [6.07, 6.45) is 6.27. The van der Waals surface area contributed by atoms with Crippen LogP contribution in [-0.2, 0) is 11.3 Å². The average molecular weight is 277 g/mol. The molecule has 20 heavy (non-hydrogen) atoms. The Morgan fingerprint density at radius 2 is 2.00 bits per heavy atom. The van der Waals surface area contributed by atoms with Crippen LogP contribution in [0, 0.1) is 0 Å². The highest BCUT2D eigenvalue weighted by Crippen LogP contribution is 2.22. The average Bonchev–Trinajstić information content (AvgIpc) is 2.95. The number of unbranched alkanes of at least 4 members (excludes halogenated alkanes) is 1. The van der Waals surface area contributed by atoms with Gasteiger partial charge in [0.25, 0.3) is 0 Å². The van der Waals surface area contributed by atoms with Gasteiger partial charge in [0, 0.05) is 19.7 Å². The minimum atomic E-state index is 0.446. The van der Waals surface area contributed by atoms with Gasteiger partial charge in [-0.05, 0) is 43.4 Å². The van der Waals surface area contributed by atoms with Crippen LogP contribution in [-0.4, -0.2) is 25.9 Å². The van der Waals surface area contributed by atoms with Gasteiger partial charge in [-0.1, -0.05) is 25.5 Å². The lowest BCUT2D eigenvalue weighted by Gasteiger charge is -2.13. The van der Waals surface area contributed by atoms with E-state index in [1.54, 1.807) is 0 Å². The van der Waals surface area contributed by atoms with Gasteiger partial charge in [0.1, 0.15) is 5.75 Å². The third-order valence-corrected chi connectivity index (χ3v) is 4.00. The molecule has 0 radical (unpaired) electrons. The fourth-order valence-corrected chi connectivity index (χ4v) is 2.64. The van der Waals surface area contributed by atoms with Crippen molar-refractivity contribution >= 4 is 0 Å². The molecule has 1 aliphatic rings. The predicted octanol–water partition coefficient (Wildman–Crippen LogP) is 3.52. The maximum absolute atomic E-state index is 5.67. The Hall–Kier alpha value is -1.06. The fourth-order valence-electron chi connectivity index (χ4n) is 2.64. The molecule has 1 saturated carbocycles. The Kier molecular flexibility index (Phi) is 6.34. The number of rotatable bonds is 8. The van der Waals surface area contributed by atoms with Crippen molar-refractivity contribution in [2.45, 2.75) is 57.7 Å². The maximum Gasteiger partial charge on any atom is 0.119 e. The molecule has 1 aromatic carbocycles. The molecule has 1 aromatic rings. The molecular formula is C17H27NO2. The van der Waals surface area contributed by atoms with E-state index in [1.807, 2.05) is 7.11 Å². The quantitative estimate of drug-likeness (QED) is 0.737. The third-order valence-electron chi connectivity index (χ3n) is 4.00. The van der Waals surface area contributed by atoms with E-state index in [1.165, 1.54) is 24.8 Å². The van der Waals surface area contributed by atoms with Crippen molar-refractivity contribution in [3.05, 3.63) is 29.8 Å². The second-order valence-electron chi connectivity index (χ2n) is 5.59. The van der Waals surface area contributed by atoms with E-state index in [2.05, 4.69) is 36.5 Å². The molecule has 0 aromatic heterocycles. The summed E-state index contributed by atoms with van der Waals surface area (Å²) in [6, 6.07) is 9.03. The summed E-state index contributed by atoms with van der Waals surface area (Å²) >= 11 is 0. The molecule has 2 unspecified atom stereocenters. The van der Waals surface area contributed by atoms with Crippen molar-refractivity contribution < 1.29 is 9.47 Å². The van der Waals surface area contributed by atoms with Crippen LogP contribution in [0.25, 0.3) is 0 Å². The van der Waals surface area contributed by atoms with Gasteiger partial charge in [0.15, 0.2) is 0 Å². The van der Waals surface area contributed by atoms with Gasteiger partial charge in [-0.15, -0.1) is 0 Å². The van der Waals surface area contributed by atoms with E-state index in [0.717, 1.165) is 31.7 Å². The Bertz CT molecular complexity index is 377.